The fraction of sp³-hybridized carbons (Fsp3) is 0.375. The van der Waals surface area contributed by atoms with E-state index >= 15 is 0 Å². The third kappa shape index (κ3) is 4.25. The number of nitrogens with zero attached hydrogens (tertiary/aromatic N) is 2. The van der Waals surface area contributed by atoms with Crippen molar-refractivity contribution in [2.45, 2.75) is 19.9 Å². The van der Waals surface area contributed by atoms with Gasteiger partial charge in [0.15, 0.2) is 11.5 Å². The number of ether oxygens (including phenoxy) is 2. The Hall–Kier alpha value is -2.50. The smallest absolute Gasteiger partial charge is 0.224 e. The first-order valence-electron chi connectivity index (χ1n) is 7.28. The fourth-order valence-corrected chi connectivity index (χ4v) is 1.96. The monoisotopic (exact) mass is 302 g/mol. The molecule has 0 saturated heterocycles. The Morgan fingerprint density at radius 3 is 2.59 bits per heavy atom. The van der Waals surface area contributed by atoms with Crippen LogP contribution in [0.4, 0.5) is 11.8 Å². The minimum absolute atomic E-state index is 0.638. The molecule has 0 aliphatic heterocycles. The van der Waals surface area contributed by atoms with Crippen LogP contribution in [0.3, 0.4) is 0 Å². The van der Waals surface area contributed by atoms with Crippen molar-refractivity contribution in [1.82, 2.24) is 9.97 Å². The van der Waals surface area contributed by atoms with Gasteiger partial charge in [0, 0.05) is 19.3 Å². The summed E-state index contributed by atoms with van der Waals surface area (Å²) < 4.78 is 10.5. The normalized spacial score (nSPS) is 10.1. The molecule has 0 aliphatic carbocycles. The van der Waals surface area contributed by atoms with Crippen molar-refractivity contribution in [3.8, 4) is 11.5 Å². The third-order valence-electron chi connectivity index (χ3n) is 3.11. The van der Waals surface area contributed by atoms with Crippen LogP contribution in [-0.4, -0.2) is 30.7 Å². The Bertz CT molecular complexity index is 604. The second-order valence-corrected chi connectivity index (χ2v) is 4.74. The van der Waals surface area contributed by atoms with Gasteiger partial charge < -0.3 is 20.1 Å². The first-order valence-corrected chi connectivity index (χ1v) is 7.28. The molecule has 0 atom stereocenters. The second kappa shape index (κ2) is 8.07. The zero-order valence-corrected chi connectivity index (χ0v) is 13.2. The van der Waals surface area contributed by atoms with Crippen molar-refractivity contribution in [2.24, 2.45) is 0 Å². The van der Waals surface area contributed by atoms with E-state index in [9.17, 15) is 0 Å². The summed E-state index contributed by atoms with van der Waals surface area (Å²) in [6, 6.07) is 7.68. The molecule has 1 aromatic heterocycles. The molecule has 1 aromatic carbocycles. The van der Waals surface area contributed by atoms with E-state index in [1.807, 2.05) is 24.3 Å². The van der Waals surface area contributed by atoms with Gasteiger partial charge in [0.05, 0.1) is 14.2 Å². The van der Waals surface area contributed by atoms with Gasteiger partial charge in [0.2, 0.25) is 5.95 Å². The minimum atomic E-state index is 0.638. The Labute approximate surface area is 130 Å². The number of hydrogen-bond donors (Lipinski definition) is 2. The summed E-state index contributed by atoms with van der Waals surface area (Å²) in [6.07, 6.45) is 2.77. The number of benzene rings is 1. The molecule has 0 unspecified atom stereocenters. The number of aromatic nitrogens is 2. The van der Waals surface area contributed by atoms with Gasteiger partial charge >= 0.3 is 0 Å². The summed E-state index contributed by atoms with van der Waals surface area (Å²) in [6.45, 7) is 3.61. The molecule has 2 N–H and O–H groups in total. The van der Waals surface area contributed by atoms with E-state index in [4.69, 9.17) is 9.47 Å². The summed E-state index contributed by atoms with van der Waals surface area (Å²) in [4.78, 5) is 8.60. The number of methoxy groups -OCH3 is 2. The molecule has 1 heterocycles. The van der Waals surface area contributed by atoms with Gasteiger partial charge in [-0.05, 0) is 30.2 Å². The highest BCUT2D eigenvalue weighted by atomic mass is 16.5. The van der Waals surface area contributed by atoms with Gasteiger partial charge in [-0.3, -0.25) is 0 Å². The zero-order chi connectivity index (χ0) is 15.8. The number of anilines is 2. The maximum Gasteiger partial charge on any atom is 0.224 e. The molecule has 0 bridgehead atoms. The Balaban J connectivity index is 2.00. The standard InChI is InChI=1S/C16H22N4O2/c1-4-8-17-16-18-9-7-15(20-16)19-11-12-5-6-13(21-2)14(10-12)22-3/h5-7,9-10H,4,8,11H2,1-3H3,(H2,17,18,19,20). The Kier molecular flexibility index (Phi) is 5.82. The molecule has 0 spiro atoms. The summed E-state index contributed by atoms with van der Waals surface area (Å²) in [5, 5.41) is 6.45. The molecular weight excluding hydrogens is 280 g/mol. The van der Waals surface area contributed by atoms with Crippen molar-refractivity contribution in [3.63, 3.8) is 0 Å². The topological polar surface area (TPSA) is 68.3 Å². The van der Waals surface area contributed by atoms with E-state index in [1.54, 1.807) is 20.4 Å². The maximum absolute atomic E-state index is 5.30. The highest BCUT2D eigenvalue weighted by Crippen LogP contribution is 2.27. The average Bonchev–Trinajstić information content (AvgIpc) is 2.58. The lowest BCUT2D eigenvalue weighted by atomic mass is 10.2. The van der Waals surface area contributed by atoms with E-state index in [-0.39, 0.29) is 0 Å². The predicted molar refractivity (Wildman–Crippen MR) is 87.7 cm³/mol. The van der Waals surface area contributed by atoms with E-state index < -0.39 is 0 Å². The van der Waals surface area contributed by atoms with Gasteiger partial charge in [-0.1, -0.05) is 13.0 Å². The molecule has 0 aliphatic rings. The quantitative estimate of drug-likeness (QED) is 0.781. The molecule has 2 aromatic rings. The van der Waals surface area contributed by atoms with Crippen LogP contribution in [0, 0.1) is 0 Å². The van der Waals surface area contributed by atoms with Crippen molar-refractivity contribution >= 4 is 11.8 Å². The van der Waals surface area contributed by atoms with Crippen LogP contribution in [0.5, 0.6) is 11.5 Å². The van der Waals surface area contributed by atoms with E-state index in [0.29, 0.717) is 12.5 Å². The van der Waals surface area contributed by atoms with E-state index in [0.717, 1.165) is 35.8 Å². The molecule has 0 radical (unpaired) electrons. The molecule has 0 amide bonds. The van der Waals surface area contributed by atoms with E-state index in [2.05, 4.69) is 27.5 Å². The van der Waals surface area contributed by atoms with Crippen LogP contribution < -0.4 is 20.1 Å². The minimum Gasteiger partial charge on any atom is -0.493 e. The molecule has 22 heavy (non-hydrogen) atoms. The first-order chi connectivity index (χ1) is 10.8. The van der Waals surface area contributed by atoms with Gasteiger partial charge in [-0.2, -0.15) is 4.98 Å². The maximum atomic E-state index is 5.30. The van der Waals surface area contributed by atoms with Crippen LogP contribution in [0.2, 0.25) is 0 Å². The lowest BCUT2D eigenvalue weighted by molar-refractivity contribution is 0.354. The van der Waals surface area contributed by atoms with Gasteiger partial charge in [-0.15, -0.1) is 0 Å². The lowest BCUT2D eigenvalue weighted by Crippen LogP contribution is -2.07. The van der Waals surface area contributed by atoms with Crippen molar-refractivity contribution in [3.05, 3.63) is 36.0 Å². The van der Waals surface area contributed by atoms with Crippen LogP contribution in [0.1, 0.15) is 18.9 Å². The molecular formula is C16H22N4O2. The van der Waals surface area contributed by atoms with Gasteiger partial charge in [0.1, 0.15) is 5.82 Å². The number of rotatable bonds is 8. The SMILES string of the molecule is CCCNc1nccc(NCc2ccc(OC)c(OC)c2)n1. The van der Waals surface area contributed by atoms with Crippen molar-refractivity contribution in [1.29, 1.82) is 0 Å². The van der Waals surface area contributed by atoms with Crippen LogP contribution in [0.15, 0.2) is 30.5 Å². The summed E-state index contributed by atoms with van der Waals surface area (Å²) >= 11 is 0. The highest BCUT2D eigenvalue weighted by Gasteiger charge is 2.05. The largest absolute Gasteiger partial charge is 0.493 e. The fourth-order valence-electron chi connectivity index (χ4n) is 1.96. The summed E-state index contributed by atoms with van der Waals surface area (Å²) in [5.41, 5.74) is 1.08. The molecule has 0 fully saturated rings. The Morgan fingerprint density at radius 2 is 1.86 bits per heavy atom. The lowest BCUT2D eigenvalue weighted by Gasteiger charge is -2.11. The van der Waals surface area contributed by atoms with Crippen LogP contribution >= 0.6 is 0 Å². The molecule has 2 rings (SSSR count). The zero-order valence-electron chi connectivity index (χ0n) is 13.2. The average molecular weight is 302 g/mol. The summed E-state index contributed by atoms with van der Waals surface area (Å²) in [7, 11) is 3.26. The van der Waals surface area contributed by atoms with Crippen molar-refractivity contribution in [2.75, 3.05) is 31.4 Å². The summed E-state index contributed by atoms with van der Waals surface area (Å²) in [5.74, 6) is 2.86. The van der Waals surface area contributed by atoms with Crippen LogP contribution in [-0.2, 0) is 6.54 Å². The molecule has 0 saturated carbocycles. The number of nitrogens with one attached hydrogen (secondary N) is 2. The van der Waals surface area contributed by atoms with Crippen LogP contribution in [0.25, 0.3) is 0 Å². The Morgan fingerprint density at radius 1 is 1.05 bits per heavy atom. The molecule has 6 heteroatoms. The van der Waals surface area contributed by atoms with Gasteiger partial charge in [-0.25, -0.2) is 4.98 Å². The second-order valence-electron chi connectivity index (χ2n) is 4.74. The first kappa shape index (κ1) is 15.9. The molecule has 6 nitrogen and oxygen atoms in total. The molecule has 118 valence electrons. The highest BCUT2D eigenvalue weighted by molar-refractivity contribution is 5.45. The van der Waals surface area contributed by atoms with Gasteiger partial charge in [0.25, 0.3) is 0 Å². The van der Waals surface area contributed by atoms with E-state index in [1.165, 1.54) is 0 Å². The third-order valence-corrected chi connectivity index (χ3v) is 3.11. The van der Waals surface area contributed by atoms with Crippen molar-refractivity contribution < 1.29 is 9.47 Å². The number of hydrogen-bond acceptors (Lipinski definition) is 6. The predicted octanol–water partition coefficient (Wildman–Crippen LogP) is 2.93.